The maximum atomic E-state index is 13.3. The van der Waals surface area contributed by atoms with Gasteiger partial charge >= 0.3 is 0 Å². The van der Waals surface area contributed by atoms with E-state index in [1.807, 2.05) is 55.6 Å². The van der Waals surface area contributed by atoms with Gasteiger partial charge in [-0.1, -0.05) is 55.1 Å². The molecule has 0 radical (unpaired) electrons. The number of nitrogens with one attached hydrogen (secondary N) is 2. The van der Waals surface area contributed by atoms with Gasteiger partial charge in [-0.3, -0.25) is 5.32 Å². The van der Waals surface area contributed by atoms with E-state index in [1.165, 1.54) is 12.1 Å². The molecule has 0 spiro atoms. The number of hydrogen-bond acceptors (Lipinski definition) is 4. The van der Waals surface area contributed by atoms with Crippen molar-refractivity contribution < 1.29 is 13.9 Å². The van der Waals surface area contributed by atoms with E-state index in [4.69, 9.17) is 9.47 Å². The molecule has 3 rings (SSSR count). The van der Waals surface area contributed by atoms with Crippen LogP contribution in [0, 0.1) is 5.82 Å². The van der Waals surface area contributed by atoms with Crippen molar-refractivity contribution in [2.45, 2.75) is 24.9 Å². The van der Waals surface area contributed by atoms with Crippen molar-refractivity contribution in [2.75, 3.05) is 21.3 Å². The average Bonchev–Trinajstić information content (AvgIpc) is 2.85. The summed E-state index contributed by atoms with van der Waals surface area (Å²) in [6, 6.07) is 22.8. The molecule has 4 nitrogen and oxygen atoms in total. The van der Waals surface area contributed by atoms with Crippen LogP contribution in [0.15, 0.2) is 85.1 Å². The Morgan fingerprint density at radius 2 is 1.59 bits per heavy atom. The summed E-state index contributed by atoms with van der Waals surface area (Å²) >= 11 is 0. The molecule has 0 unspecified atom stereocenters. The molecular formula is C27H31FN2O2. The molecular weight excluding hydrogens is 403 g/mol. The highest BCUT2D eigenvalue weighted by Gasteiger charge is 2.22. The highest BCUT2D eigenvalue weighted by atomic mass is 19.1. The third-order valence-corrected chi connectivity index (χ3v) is 5.62. The Balaban J connectivity index is 1.93. The molecule has 0 saturated carbocycles. The van der Waals surface area contributed by atoms with Crippen molar-refractivity contribution >= 4 is 0 Å². The first-order chi connectivity index (χ1) is 15.5. The lowest BCUT2D eigenvalue weighted by Crippen LogP contribution is -2.31. The predicted octanol–water partition coefficient (Wildman–Crippen LogP) is 5.58. The highest BCUT2D eigenvalue weighted by molar-refractivity contribution is 5.44. The lowest BCUT2D eigenvalue weighted by molar-refractivity contribution is 0.353. The van der Waals surface area contributed by atoms with Gasteiger partial charge in [-0.2, -0.15) is 0 Å². The van der Waals surface area contributed by atoms with Crippen LogP contribution < -0.4 is 20.1 Å². The normalized spacial score (nSPS) is 12.6. The number of ether oxygens (including phenoxy) is 2. The fourth-order valence-electron chi connectivity index (χ4n) is 3.77. The summed E-state index contributed by atoms with van der Waals surface area (Å²) in [4.78, 5) is 0. The van der Waals surface area contributed by atoms with Gasteiger partial charge in [0.05, 0.1) is 20.3 Å². The maximum Gasteiger partial charge on any atom is 0.161 e. The van der Waals surface area contributed by atoms with Crippen molar-refractivity contribution in [3.8, 4) is 11.5 Å². The third-order valence-electron chi connectivity index (χ3n) is 5.62. The van der Waals surface area contributed by atoms with Crippen LogP contribution in [0.25, 0.3) is 0 Å². The van der Waals surface area contributed by atoms with Gasteiger partial charge in [0.25, 0.3) is 0 Å². The van der Waals surface area contributed by atoms with Crippen molar-refractivity contribution in [1.29, 1.82) is 0 Å². The molecule has 3 aromatic carbocycles. The number of rotatable bonds is 11. The summed E-state index contributed by atoms with van der Waals surface area (Å²) in [6.45, 7) is 4.23. The Bertz CT molecular complexity index is 1010. The van der Waals surface area contributed by atoms with E-state index in [2.05, 4.69) is 29.3 Å². The molecule has 5 heteroatoms. The second kappa shape index (κ2) is 11.3. The second-order valence-corrected chi connectivity index (χ2v) is 7.62. The molecule has 32 heavy (non-hydrogen) atoms. The number of benzene rings is 3. The largest absolute Gasteiger partial charge is 0.493 e. The van der Waals surface area contributed by atoms with Crippen LogP contribution in [0.1, 0.15) is 35.2 Å². The lowest BCUT2D eigenvalue weighted by atomic mass is 9.95. The molecule has 0 aliphatic carbocycles. The van der Waals surface area contributed by atoms with Gasteiger partial charge < -0.3 is 14.8 Å². The quantitative estimate of drug-likeness (QED) is 0.413. The van der Waals surface area contributed by atoms with Gasteiger partial charge in [-0.05, 0) is 53.8 Å². The van der Waals surface area contributed by atoms with Gasteiger partial charge in [-0.25, -0.2) is 4.39 Å². The zero-order valence-corrected chi connectivity index (χ0v) is 18.9. The standard InChI is InChI=1S/C27H31FN2O2/c1-19(29-2)27(21-8-6-5-7-9-21)30-24(16-12-20-10-14-23(28)15-11-20)22-13-17-25(31-3)26(18-22)32-4/h5-11,13-15,17-18,24,27,29-30H,1,12,16H2,2-4H3/t24-,27-/m0/s1. The van der Waals surface area contributed by atoms with Gasteiger partial charge in [0.1, 0.15) is 5.82 Å². The molecule has 0 aliphatic rings. The number of hydrogen-bond donors (Lipinski definition) is 2. The molecule has 168 valence electrons. The van der Waals surface area contributed by atoms with E-state index in [9.17, 15) is 4.39 Å². The fraction of sp³-hybridized carbons (Fsp3) is 0.259. The zero-order valence-electron chi connectivity index (χ0n) is 18.9. The Morgan fingerprint density at radius 1 is 0.906 bits per heavy atom. The summed E-state index contributed by atoms with van der Waals surface area (Å²) in [5, 5.41) is 6.97. The van der Waals surface area contributed by atoms with Crippen LogP contribution in [0.5, 0.6) is 11.5 Å². The van der Waals surface area contributed by atoms with Gasteiger partial charge in [0.2, 0.25) is 0 Å². The average molecular weight is 435 g/mol. The van der Waals surface area contributed by atoms with E-state index in [0.717, 1.165) is 35.2 Å². The number of likely N-dealkylation sites (N-methyl/N-ethyl adjacent to an activating group) is 1. The van der Waals surface area contributed by atoms with Crippen LogP contribution in [-0.4, -0.2) is 21.3 Å². The van der Waals surface area contributed by atoms with E-state index < -0.39 is 0 Å². The predicted molar refractivity (Wildman–Crippen MR) is 128 cm³/mol. The summed E-state index contributed by atoms with van der Waals surface area (Å²) in [5.74, 6) is 1.15. The van der Waals surface area contributed by atoms with E-state index >= 15 is 0 Å². The van der Waals surface area contributed by atoms with E-state index in [-0.39, 0.29) is 17.9 Å². The molecule has 0 aromatic heterocycles. The Hall–Kier alpha value is -3.31. The van der Waals surface area contributed by atoms with Gasteiger partial charge in [0.15, 0.2) is 11.5 Å². The van der Waals surface area contributed by atoms with Gasteiger partial charge in [0, 0.05) is 18.8 Å². The van der Waals surface area contributed by atoms with Crippen LogP contribution in [0.2, 0.25) is 0 Å². The van der Waals surface area contributed by atoms with Crippen LogP contribution in [-0.2, 0) is 6.42 Å². The van der Waals surface area contributed by atoms with Crippen LogP contribution in [0.3, 0.4) is 0 Å². The molecule has 0 amide bonds. The minimum Gasteiger partial charge on any atom is -0.493 e. The molecule has 2 N–H and O–H groups in total. The summed E-state index contributed by atoms with van der Waals surface area (Å²) < 4.78 is 24.3. The SMILES string of the molecule is C=C(NC)[C@H](N[C@@H](CCc1ccc(F)cc1)c1ccc(OC)c(OC)c1)c1ccccc1. The van der Waals surface area contributed by atoms with Crippen LogP contribution in [0.4, 0.5) is 4.39 Å². The summed E-state index contributed by atoms with van der Waals surface area (Å²) in [7, 11) is 5.15. The van der Waals surface area contributed by atoms with Crippen LogP contribution >= 0.6 is 0 Å². The van der Waals surface area contributed by atoms with E-state index in [1.54, 1.807) is 14.2 Å². The van der Waals surface area contributed by atoms with Gasteiger partial charge in [-0.15, -0.1) is 0 Å². The third kappa shape index (κ3) is 5.89. The second-order valence-electron chi connectivity index (χ2n) is 7.62. The maximum absolute atomic E-state index is 13.3. The van der Waals surface area contributed by atoms with Crippen molar-refractivity contribution in [2.24, 2.45) is 0 Å². The van der Waals surface area contributed by atoms with Crippen molar-refractivity contribution in [3.05, 3.63) is 108 Å². The van der Waals surface area contributed by atoms with E-state index in [0.29, 0.717) is 11.5 Å². The molecule has 3 aromatic rings. The Kier molecular flexibility index (Phi) is 8.28. The molecule has 0 fully saturated rings. The van der Waals surface area contributed by atoms with Crippen molar-refractivity contribution in [3.63, 3.8) is 0 Å². The molecule has 0 aliphatic heterocycles. The topological polar surface area (TPSA) is 42.5 Å². The molecule has 0 bridgehead atoms. The highest BCUT2D eigenvalue weighted by Crippen LogP contribution is 2.33. The number of halogens is 1. The molecule has 0 saturated heterocycles. The summed E-state index contributed by atoms with van der Waals surface area (Å²) in [5.41, 5.74) is 4.17. The zero-order chi connectivity index (χ0) is 22.9. The minimum absolute atomic E-state index is 0.00448. The lowest BCUT2D eigenvalue weighted by Gasteiger charge is -2.28. The summed E-state index contributed by atoms with van der Waals surface area (Å²) in [6.07, 6.45) is 1.60. The molecule has 0 heterocycles. The number of methoxy groups -OCH3 is 2. The Morgan fingerprint density at radius 3 is 2.22 bits per heavy atom. The fourth-order valence-corrected chi connectivity index (χ4v) is 3.77. The first kappa shape index (κ1) is 23.4. The molecule has 2 atom stereocenters. The smallest absolute Gasteiger partial charge is 0.161 e. The number of aryl methyl sites for hydroxylation is 1. The first-order valence-corrected chi connectivity index (χ1v) is 10.7. The van der Waals surface area contributed by atoms with Crippen molar-refractivity contribution in [1.82, 2.24) is 10.6 Å². The Labute approximate surface area is 190 Å². The first-order valence-electron chi connectivity index (χ1n) is 10.7. The minimum atomic E-state index is -0.224. The monoisotopic (exact) mass is 434 g/mol.